The van der Waals surface area contributed by atoms with E-state index in [1.54, 1.807) is 27.9 Å². The number of carbonyl (C=O) groups is 1. The third-order valence-corrected chi connectivity index (χ3v) is 5.37. The van der Waals surface area contributed by atoms with Gasteiger partial charge < -0.3 is 10.1 Å². The van der Waals surface area contributed by atoms with E-state index in [0.717, 1.165) is 16.5 Å². The van der Waals surface area contributed by atoms with Gasteiger partial charge in [-0.25, -0.2) is 14.7 Å². The van der Waals surface area contributed by atoms with Crippen LogP contribution in [0.5, 0.6) is 5.75 Å². The van der Waals surface area contributed by atoms with Crippen molar-refractivity contribution in [2.75, 3.05) is 21.7 Å². The highest BCUT2D eigenvalue weighted by Crippen LogP contribution is 2.37. The molecule has 0 saturated carbocycles. The number of ether oxygens (including phenoxy) is 1. The fourth-order valence-electron chi connectivity index (χ4n) is 3.91. The molecule has 1 N–H and O–H groups in total. The zero-order valence-corrected chi connectivity index (χ0v) is 18.4. The highest BCUT2D eigenvalue weighted by atomic mass is 19.3. The van der Waals surface area contributed by atoms with Gasteiger partial charge in [0, 0.05) is 42.6 Å². The van der Waals surface area contributed by atoms with Crippen LogP contribution in [0.15, 0.2) is 54.9 Å². The van der Waals surface area contributed by atoms with Crippen LogP contribution in [0.1, 0.15) is 12.5 Å². The van der Waals surface area contributed by atoms with Crippen molar-refractivity contribution in [2.24, 2.45) is 7.05 Å². The van der Waals surface area contributed by atoms with E-state index in [9.17, 15) is 13.6 Å². The number of hydrogen-bond donors (Lipinski definition) is 1. The topological polar surface area (TPSA) is 88.4 Å². The molecule has 4 aromatic rings. The zero-order chi connectivity index (χ0) is 23.8. The van der Waals surface area contributed by atoms with Gasteiger partial charge in [0.2, 0.25) is 5.95 Å². The van der Waals surface area contributed by atoms with Gasteiger partial charge in [-0.3, -0.25) is 9.58 Å². The molecule has 0 saturated heterocycles. The number of carbonyl (C=O) groups excluding carboxylic acids is 1. The SMILES string of the molecule is CCNc1ncc2c(n1)N(c1ccc(OC(F)F)cc1)C(=O)N(c1ccc3nn(C)cc3c1)C2. The summed E-state index contributed by atoms with van der Waals surface area (Å²) >= 11 is 0. The lowest BCUT2D eigenvalue weighted by Crippen LogP contribution is -2.45. The van der Waals surface area contributed by atoms with Crippen LogP contribution in [0.3, 0.4) is 0 Å². The van der Waals surface area contributed by atoms with Crippen LogP contribution in [0.4, 0.5) is 36.7 Å². The van der Waals surface area contributed by atoms with Crippen molar-refractivity contribution in [1.82, 2.24) is 19.7 Å². The van der Waals surface area contributed by atoms with Crippen molar-refractivity contribution >= 4 is 40.1 Å². The monoisotopic (exact) mass is 465 g/mol. The van der Waals surface area contributed by atoms with Crippen molar-refractivity contribution < 1.29 is 18.3 Å². The van der Waals surface area contributed by atoms with Crippen molar-refractivity contribution in [2.45, 2.75) is 20.1 Å². The molecular weight excluding hydrogens is 444 g/mol. The van der Waals surface area contributed by atoms with Gasteiger partial charge in [-0.15, -0.1) is 0 Å². The molecule has 174 valence electrons. The molecule has 0 fully saturated rings. The molecule has 0 radical (unpaired) electrons. The summed E-state index contributed by atoms with van der Waals surface area (Å²) in [5.74, 6) is 0.817. The smallest absolute Gasteiger partial charge is 0.387 e. The summed E-state index contributed by atoms with van der Waals surface area (Å²) in [5, 5.41) is 8.34. The molecule has 5 rings (SSSR count). The van der Waals surface area contributed by atoms with Gasteiger partial charge in [-0.05, 0) is 49.4 Å². The van der Waals surface area contributed by atoms with Crippen LogP contribution in [-0.2, 0) is 13.6 Å². The minimum Gasteiger partial charge on any atom is -0.435 e. The molecule has 9 nitrogen and oxygen atoms in total. The Balaban J connectivity index is 1.58. The number of nitrogens with zero attached hydrogens (tertiary/aromatic N) is 6. The lowest BCUT2D eigenvalue weighted by Gasteiger charge is -2.36. The molecule has 2 amide bonds. The van der Waals surface area contributed by atoms with Crippen LogP contribution >= 0.6 is 0 Å². The third-order valence-electron chi connectivity index (χ3n) is 5.37. The summed E-state index contributed by atoms with van der Waals surface area (Å²) < 4.78 is 31.3. The number of rotatable bonds is 6. The Morgan fingerprint density at radius 3 is 2.65 bits per heavy atom. The van der Waals surface area contributed by atoms with E-state index in [1.807, 2.05) is 38.4 Å². The van der Waals surface area contributed by atoms with Crippen molar-refractivity contribution in [3.8, 4) is 5.75 Å². The molecule has 34 heavy (non-hydrogen) atoms. The van der Waals surface area contributed by atoms with E-state index < -0.39 is 6.61 Å². The van der Waals surface area contributed by atoms with Crippen LogP contribution in [-0.4, -0.2) is 38.9 Å². The number of hydrogen-bond acceptors (Lipinski definition) is 6. The van der Waals surface area contributed by atoms with Crippen LogP contribution in [0.2, 0.25) is 0 Å². The third kappa shape index (κ3) is 3.96. The average Bonchev–Trinajstić information content (AvgIpc) is 3.18. The number of aryl methyl sites for hydroxylation is 1. The lowest BCUT2D eigenvalue weighted by atomic mass is 10.1. The number of amides is 2. The van der Waals surface area contributed by atoms with Gasteiger partial charge in [0.25, 0.3) is 0 Å². The first kappa shape index (κ1) is 21.6. The van der Waals surface area contributed by atoms with Crippen LogP contribution in [0.25, 0.3) is 10.9 Å². The molecule has 11 heteroatoms. The molecule has 1 aliphatic heterocycles. The predicted molar refractivity (Wildman–Crippen MR) is 124 cm³/mol. The summed E-state index contributed by atoms with van der Waals surface area (Å²) in [4.78, 5) is 25.7. The maximum atomic E-state index is 13.8. The standard InChI is InChI=1S/C23H21F2N7O2/c1-3-26-22-27-11-15-13-31(17-6-9-19-14(10-17)12-30(2)29-19)23(33)32(20(15)28-22)16-4-7-18(8-5-16)34-21(24)25/h4-12,21H,3,13H2,1-2H3,(H,26,27,28). The number of aromatic nitrogens is 4. The number of halogens is 2. The van der Waals surface area contributed by atoms with E-state index in [2.05, 4.69) is 25.1 Å². The second-order valence-corrected chi connectivity index (χ2v) is 7.70. The van der Waals surface area contributed by atoms with Crippen molar-refractivity contribution in [1.29, 1.82) is 0 Å². The Morgan fingerprint density at radius 2 is 1.91 bits per heavy atom. The Hall–Kier alpha value is -4.28. The predicted octanol–water partition coefficient (Wildman–Crippen LogP) is 4.67. The first-order valence-electron chi connectivity index (χ1n) is 10.6. The molecule has 1 aliphatic rings. The van der Waals surface area contributed by atoms with Gasteiger partial charge in [-0.2, -0.15) is 18.9 Å². The number of alkyl halides is 2. The maximum absolute atomic E-state index is 13.8. The van der Waals surface area contributed by atoms with Crippen molar-refractivity contribution in [3.05, 3.63) is 60.4 Å². The summed E-state index contributed by atoms with van der Waals surface area (Å²) in [6, 6.07) is 11.1. The highest BCUT2D eigenvalue weighted by Gasteiger charge is 2.34. The normalized spacial score (nSPS) is 13.5. The van der Waals surface area contributed by atoms with Crippen LogP contribution in [0, 0.1) is 0 Å². The second-order valence-electron chi connectivity index (χ2n) is 7.70. The summed E-state index contributed by atoms with van der Waals surface area (Å²) in [7, 11) is 1.84. The van der Waals surface area contributed by atoms with E-state index in [-0.39, 0.29) is 18.3 Å². The van der Waals surface area contributed by atoms with Gasteiger partial charge in [0.05, 0.1) is 17.7 Å². The molecule has 2 aromatic heterocycles. The van der Waals surface area contributed by atoms with E-state index in [4.69, 9.17) is 0 Å². The number of anilines is 4. The van der Waals surface area contributed by atoms with E-state index >= 15 is 0 Å². The first-order valence-corrected chi connectivity index (χ1v) is 10.6. The second kappa shape index (κ2) is 8.58. The minimum atomic E-state index is -2.93. The van der Waals surface area contributed by atoms with Gasteiger partial charge in [0.15, 0.2) is 5.82 Å². The van der Waals surface area contributed by atoms with E-state index in [1.165, 1.54) is 17.0 Å². The van der Waals surface area contributed by atoms with E-state index in [0.29, 0.717) is 29.7 Å². The minimum absolute atomic E-state index is 0.00153. The lowest BCUT2D eigenvalue weighted by molar-refractivity contribution is -0.0498. The van der Waals surface area contributed by atoms with Gasteiger partial charge in [0.1, 0.15) is 5.75 Å². The summed E-state index contributed by atoms with van der Waals surface area (Å²) in [5.41, 5.74) is 2.71. The van der Waals surface area contributed by atoms with Crippen molar-refractivity contribution in [3.63, 3.8) is 0 Å². The number of fused-ring (bicyclic) bond motifs is 2. The maximum Gasteiger partial charge on any atom is 0.387 e. The summed E-state index contributed by atoms with van der Waals surface area (Å²) in [6.07, 6.45) is 3.57. The molecule has 3 heterocycles. The largest absolute Gasteiger partial charge is 0.435 e. The molecule has 0 spiro atoms. The fraction of sp³-hybridized carbons (Fsp3) is 0.217. The number of urea groups is 1. The number of benzene rings is 2. The Labute approximate surface area is 193 Å². The number of nitrogens with one attached hydrogen (secondary N) is 1. The molecule has 0 unspecified atom stereocenters. The van der Waals surface area contributed by atoms with Gasteiger partial charge >= 0.3 is 12.6 Å². The average molecular weight is 465 g/mol. The fourth-order valence-corrected chi connectivity index (χ4v) is 3.91. The Kier molecular flexibility index (Phi) is 5.44. The zero-order valence-electron chi connectivity index (χ0n) is 18.4. The van der Waals surface area contributed by atoms with Gasteiger partial charge in [-0.1, -0.05) is 0 Å². The Bertz CT molecular complexity index is 1360. The molecule has 0 atom stereocenters. The Morgan fingerprint density at radius 1 is 1.15 bits per heavy atom. The molecule has 0 aliphatic carbocycles. The summed E-state index contributed by atoms with van der Waals surface area (Å²) in [6.45, 7) is -0.125. The highest BCUT2D eigenvalue weighted by molar-refractivity contribution is 6.10. The molecular formula is C23H21F2N7O2. The first-order chi connectivity index (χ1) is 16.4. The molecule has 0 bridgehead atoms. The molecule has 2 aromatic carbocycles. The quantitative estimate of drug-likeness (QED) is 0.445. The van der Waals surface area contributed by atoms with Crippen LogP contribution < -0.4 is 19.9 Å².